The lowest BCUT2D eigenvalue weighted by Crippen LogP contribution is -2.21. The number of nitriles is 1. The summed E-state index contributed by atoms with van der Waals surface area (Å²) in [7, 11) is 0. The molecule has 2 heterocycles. The lowest BCUT2D eigenvalue weighted by Gasteiger charge is -2.14. The molecule has 1 atom stereocenters. The summed E-state index contributed by atoms with van der Waals surface area (Å²) < 4.78 is 79.7. The molecule has 0 bridgehead atoms. The first-order valence-electron chi connectivity index (χ1n) is 9.42. The molecule has 7 nitrogen and oxygen atoms in total. The molecule has 1 fully saturated rings. The van der Waals surface area contributed by atoms with Crippen LogP contribution in [0.5, 0.6) is 0 Å². The van der Waals surface area contributed by atoms with Crippen LogP contribution >= 0.6 is 11.3 Å². The highest BCUT2D eigenvalue weighted by molar-refractivity contribution is 7.13. The summed E-state index contributed by atoms with van der Waals surface area (Å²) in [5, 5.41) is 15.0. The second kappa shape index (κ2) is 8.47. The minimum Gasteiger partial charge on any atom is -0.351 e. The summed E-state index contributed by atoms with van der Waals surface area (Å²) in [6, 6.07) is 4.49. The Morgan fingerprint density at radius 3 is 2.48 bits per heavy atom. The normalized spacial score (nSPS) is 17.5. The molecule has 0 spiro atoms. The number of hydrogen-bond acceptors (Lipinski definition) is 8. The van der Waals surface area contributed by atoms with Gasteiger partial charge in [0.05, 0.1) is 11.6 Å². The molecular weight excluding hydrogens is 472 g/mol. The fourth-order valence-electron chi connectivity index (χ4n) is 3.21. The third kappa shape index (κ3) is 5.48. The number of rotatable bonds is 5. The molecule has 0 radical (unpaired) electrons. The van der Waals surface area contributed by atoms with Gasteiger partial charge in [0.2, 0.25) is 17.8 Å². The topological polar surface area (TPSA) is 99.4 Å². The summed E-state index contributed by atoms with van der Waals surface area (Å²) in [5.74, 6) is -4.17. The molecule has 0 amide bonds. The maximum absolute atomic E-state index is 13.8. The van der Waals surface area contributed by atoms with Crippen LogP contribution in [0.1, 0.15) is 30.5 Å². The van der Waals surface area contributed by atoms with Crippen LogP contribution in [0.4, 0.5) is 43.9 Å². The molecule has 2 aromatic heterocycles. The summed E-state index contributed by atoms with van der Waals surface area (Å²) in [4.78, 5) is 15.6. The molecule has 33 heavy (non-hydrogen) atoms. The minimum absolute atomic E-state index is 0.00746. The van der Waals surface area contributed by atoms with Gasteiger partial charge in [0.25, 0.3) is 0 Å². The van der Waals surface area contributed by atoms with Gasteiger partial charge in [-0.3, -0.25) is 0 Å². The quantitative estimate of drug-likeness (QED) is 0.469. The zero-order valence-electron chi connectivity index (χ0n) is 16.4. The molecule has 1 aliphatic rings. The standard InChI is InChI=1S/C19H13F6N7S/c20-10-3-9(7-26)4-12(5-10)28-17-31-14(15-29-13(8-33-15)19(23,24)25)30-16(32-17)27-11-1-2-18(21,22)6-11/h3-5,8,11H,1-2,6H2,(H2,27,28,30,31,32). The Kier molecular flexibility index (Phi) is 5.83. The predicted molar refractivity (Wildman–Crippen MR) is 107 cm³/mol. The summed E-state index contributed by atoms with van der Waals surface area (Å²) >= 11 is 0.642. The number of nitrogens with one attached hydrogen (secondary N) is 2. The first-order chi connectivity index (χ1) is 15.5. The van der Waals surface area contributed by atoms with Crippen molar-refractivity contribution in [2.45, 2.75) is 37.4 Å². The van der Waals surface area contributed by atoms with E-state index in [4.69, 9.17) is 5.26 Å². The first-order valence-corrected chi connectivity index (χ1v) is 10.3. The third-order valence-electron chi connectivity index (χ3n) is 4.64. The van der Waals surface area contributed by atoms with E-state index in [-0.39, 0.29) is 46.8 Å². The highest BCUT2D eigenvalue weighted by Crippen LogP contribution is 2.37. The van der Waals surface area contributed by atoms with E-state index in [9.17, 15) is 26.3 Å². The van der Waals surface area contributed by atoms with Gasteiger partial charge in [-0.15, -0.1) is 11.3 Å². The van der Waals surface area contributed by atoms with E-state index in [0.29, 0.717) is 11.3 Å². The van der Waals surface area contributed by atoms with Gasteiger partial charge in [-0.05, 0) is 24.6 Å². The van der Waals surface area contributed by atoms with E-state index in [2.05, 4.69) is 30.6 Å². The van der Waals surface area contributed by atoms with Crippen LogP contribution < -0.4 is 10.6 Å². The van der Waals surface area contributed by atoms with Gasteiger partial charge in [-0.2, -0.15) is 33.4 Å². The minimum atomic E-state index is -4.67. The van der Waals surface area contributed by atoms with Crippen LogP contribution in [-0.4, -0.2) is 31.9 Å². The maximum Gasteiger partial charge on any atom is 0.434 e. The molecule has 1 unspecified atom stereocenters. The molecule has 1 aromatic carbocycles. The van der Waals surface area contributed by atoms with Crippen LogP contribution in [0.15, 0.2) is 23.6 Å². The van der Waals surface area contributed by atoms with Crippen molar-refractivity contribution in [3.8, 4) is 16.9 Å². The smallest absolute Gasteiger partial charge is 0.351 e. The number of halogens is 6. The number of alkyl halides is 5. The van der Waals surface area contributed by atoms with E-state index < -0.39 is 36.1 Å². The van der Waals surface area contributed by atoms with E-state index in [1.807, 2.05) is 0 Å². The number of benzene rings is 1. The van der Waals surface area contributed by atoms with Gasteiger partial charge in [-0.25, -0.2) is 18.2 Å². The number of hydrogen-bond donors (Lipinski definition) is 2. The van der Waals surface area contributed by atoms with Gasteiger partial charge in [-0.1, -0.05) is 0 Å². The number of thiazole rings is 1. The molecule has 3 aromatic rings. The predicted octanol–water partition coefficient (Wildman–Crippen LogP) is 5.37. The van der Waals surface area contributed by atoms with Crippen molar-refractivity contribution in [1.82, 2.24) is 19.9 Å². The van der Waals surface area contributed by atoms with E-state index >= 15 is 0 Å². The lowest BCUT2D eigenvalue weighted by molar-refractivity contribution is -0.140. The first kappa shape index (κ1) is 22.7. The van der Waals surface area contributed by atoms with Crippen molar-refractivity contribution in [2.75, 3.05) is 10.6 Å². The van der Waals surface area contributed by atoms with Crippen LogP contribution in [0.2, 0.25) is 0 Å². The van der Waals surface area contributed by atoms with Crippen LogP contribution in [-0.2, 0) is 6.18 Å². The Bertz CT molecular complexity index is 1220. The monoisotopic (exact) mass is 485 g/mol. The fraction of sp³-hybridized carbons (Fsp3) is 0.316. The number of nitrogens with zero attached hydrogens (tertiary/aromatic N) is 5. The molecule has 4 rings (SSSR count). The zero-order chi connectivity index (χ0) is 23.8. The molecule has 0 saturated heterocycles. The van der Waals surface area contributed by atoms with Crippen LogP contribution in [0.25, 0.3) is 10.8 Å². The largest absolute Gasteiger partial charge is 0.434 e. The Morgan fingerprint density at radius 1 is 1.09 bits per heavy atom. The molecule has 14 heteroatoms. The van der Waals surface area contributed by atoms with Crippen molar-refractivity contribution in [2.24, 2.45) is 0 Å². The molecule has 2 N–H and O–H groups in total. The van der Waals surface area contributed by atoms with Crippen molar-refractivity contribution in [3.63, 3.8) is 0 Å². The Labute approximate surface area is 186 Å². The summed E-state index contributed by atoms with van der Waals surface area (Å²) in [6.07, 6.45) is -5.31. The van der Waals surface area contributed by atoms with E-state index in [1.54, 1.807) is 6.07 Å². The third-order valence-corrected chi connectivity index (χ3v) is 5.48. The van der Waals surface area contributed by atoms with Crippen LogP contribution in [0.3, 0.4) is 0 Å². The number of anilines is 3. The highest BCUT2D eigenvalue weighted by Gasteiger charge is 2.40. The highest BCUT2D eigenvalue weighted by atomic mass is 32.1. The van der Waals surface area contributed by atoms with Gasteiger partial charge < -0.3 is 10.6 Å². The average molecular weight is 485 g/mol. The van der Waals surface area contributed by atoms with Crippen molar-refractivity contribution in [3.05, 3.63) is 40.7 Å². The maximum atomic E-state index is 13.8. The van der Waals surface area contributed by atoms with Crippen molar-refractivity contribution < 1.29 is 26.3 Å². The Balaban J connectivity index is 1.69. The summed E-state index contributed by atoms with van der Waals surface area (Å²) in [6.45, 7) is 0. The number of aromatic nitrogens is 4. The Morgan fingerprint density at radius 2 is 1.85 bits per heavy atom. The second-order valence-corrected chi connectivity index (χ2v) is 8.11. The average Bonchev–Trinajstić information content (AvgIpc) is 3.34. The SMILES string of the molecule is N#Cc1cc(F)cc(Nc2nc(NC3CCC(F)(F)C3)nc(-c3nc(C(F)(F)F)cs3)n2)c1. The van der Waals surface area contributed by atoms with Gasteiger partial charge in [0.15, 0.2) is 16.5 Å². The lowest BCUT2D eigenvalue weighted by atomic mass is 10.2. The van der Waals surface area contributed by atoms with Crippen molar-refractivity contribution >= 4 is 28.9 Å². The van der Waals surface area contributed by atoms with E-state index in [0.717, 1.165) is 17.5 Å². The van der Waals surface area contributed by atoms with E-state index in [1.165, 1.54) is 6.07 Å². The molecule has 172 valence electrons. The molecule has 0 aliphatic heterocycles. The van der Waals surface area contributed by atoms with Gasteiger partial charge in [0.1, 0.15) is 5.82 Å². The Hall–Kier alpha value is -3.47. The molecular formula is C19H13F6N7S. The molecule has 1 aliphatic carbocycles. The van der Waals surface area contributed by atoms with Crippen LogP contribution in [0, 0.1) is 17.1 Å². The summed E-state index contributed by atoms with van der Waals surface area (Å²) in [5.41, 5.74) is -1.03. The van der Waals surface area contributed by atoms with Crippen molar-refractivity contribution in [1.29, 1.82) is 5.26 Å². The fourth-order valence-corrected chi connectivity index (χ4v) is 3.97. The second-order valence-electron chi connectivity index (χ2n) is 7.25. The van der Waals surface area contributed by atoms with Gasteiger partial charge in [0, 0.05) is 30.0 Å². The molecule has 1 saturated carbocycles. The van der Waals surface area contributed by atoms with Gasteiger partial charge >= 0.3 is 6.18 Å². The zero-order valence-corrected chi connectivity index (χ0v) is 17.2.